The fourth-order valence-corrected chi connectivity index (χ4v) is 3.62. The van der Waals surface area contributed by atoms with Gasteiger partial charge in [-0.1, -0.05) is 23.8 Å². The number of halogens is 2. The maximum absolute atomic E-state index is 14.4. The van der Waals surface area contributed by atoms with Crippen LogP contribution in [-0.2, 0) is 0 Å². The van der Waals surface area contributed by atoms with Crippen molar-refractivity contribution < 1.29 is 13.6 Å². The van der Waals surface area contributed by atoms with E-state index in [2.05, 4.69) is 25.6 Å². The molecule has 0 radical (unpaired) electrons. The smallest absolute Gasteiger partial charge is 0.257 e. The molecule has 0 saturated heterocycles. The molecule has 3 heterocycles. The molecule has 7 nitrogen and oxygen atoms in total. The first-order valence-electron chi connectivity index (χ1n) is 10.4. The van der Waals surface area contributed by atoms with Gasteiger partial charge in [0.2, 0.25) is 0 Å². The molecule has 0 bridgehead atoms. The van der Waals surface area contributed by atoms with Crippen LogP contribution in [0.15, 0.2) is 67.0 Å². The highest BCUT2D eigenvalue weighted by molar-refractivity contribution is 6.05. The van der Waals surface area contributed by atoms with Gasteiger partial charge >= 0.3 is 0 Å². The fourth-order valence-electron chi connectivity index (χ4n) is 3.62. The Kier molecular flexibility index (Phi) is 5.29. The molecule has 168 valence electrons. The predicted molar refractivity (Wildman–Crippen MR) is 123 cm³/mol. The summed E-state index contributed by atoms with van der Waals surface area (Å²) >= 11 is 0. The van der Waals surface area contributed by atoms with Crippen LogP contribution >= 0.6 is 0 Å². The number of nitrogens with zero attached hydrogens (tertiary/aromatic N) is 5. The minimum Gasteiger partial charge on any atom is -0.322 e. The van der Waals surface area contributed by atoms with Crippen LogP contribution in [0.1, 0.15) is 21.6 Å². The zero-order valence-corrected chi connectivity index (χ0v) is 18.3. The summed E-state index contributed by atoms with van der Waals surface area (Å²) < 4.78 is 29.4. The molecule has 2 aromatic carbocycles. The minimum atomic E-state index is -1.03. The summed E-state index contributed by atoms with van der Waals surface area (Å²) in [5.74, 6) is -2.26. The van der Waals surface area contributed by atoms with Crippen molar-refractivity contribution >= 4 is 17.2 Å². The van der Waals surface area contributed by atoms with Gasteiger partial charge in [0.05, 0.1) is 16.8 Å². The van der Waals surface area contributed by atoms with Crippen molar-refractivity contribution in [2.75, 3.05) is 5.32 Å². The van der Waals surface area contributed by atoms with Gasteiger partial charge in [-0.15, -0.1) is 10.2 Å². The van der Waals surface area contributed by atoms with Crippen LogP contribution in [0.4, 0.5) is 14.5 Å². The number of hydrogen-bond donors (Lipinski definition) is 1. The molecule has 0 unspecified atom stereocenters. The number of anilines is 1. The van der Waals surface area contributed by atoms with Crippen molar-refractivity contribution in [3.8, 4) is 22.5 Å². The number of carbonyl (C=O) groups excluding carboxylic acids is 1. The first kappa shape index (κ1) is 21.3. The summed E-state index contributed by atoms with van der Waals surface area (Å²) in [6, 6.07) is 14.7. The molecule has 0 aliphatic rings. The first-order valence-corrected chi connectivity index (χ1v) is 10.4. The van der Waals surface area contributed by atoms with Gasteiger partial charge in [-0.2, -0.15) is 9.61 Å². The molecule has 0 spiro atoms. The summed E-state index contributed by atoms with van der Waals surface area (Å²) in [5, 5.41) is 15.3. The molecule has 9 heteroatoms. The second-order valence-electron chi connectivity index (χ2n) is 7.78. The Hall–Kier alpha value is -4.53. The topological polar surface area (TPSA) is 85.1 Å². The lowest BCUT2D eigenvalue weighted by atomic mass is 10.1. The molecule has 0 atom stereocenters. The molecule has 5 rings (SSSR count). The van der Waals surface area contributed by atoms with E-state index < -0.39 is 11.6 Å². The number of benzene rings is 2. The number of fused-ring (bicyclic) bond motifs is 1. The lowest BCUT2D eigenvalue weighted by Gasteiger charge is -2.10. The zero-order valence-electron chi connectivity index (χ0n) is 18.3. The Morgan fingerprint density at radius 3 is 2.56 bits per heavy atom. The van der Waals surface area contributed by atoms with Crippen LogP contribution in [0.2, 0.25) is 0 Å². The van der Waals surface area contributed by atoms with Gasteiger partial charge in [-0.3, -0.25) is 9.78 Å². The fraction of sp³-hybridized carbons (Fsp3) is 0.0800. The zero-order chi connectivity index (χ0) is 23.8. The van der Waals surface area contributed by atoms with Gasteiger partial charge in [0.25, 0.3) is 5.91 Å². The predicted octanol–water partition coefficient (Wildman–Crippen LogP) is 5.00. The van der Waals surface area contributed by atoms with Crippen LogP contribution in [0.5, 0.6) is 0 Å². The molecular weight excluding hydrogens is 438 g/mol. The van der Waals surface area contributed by atoms with Gasteiger partial charge in [0.1, 0.15) is 0 Å². The van der Waals surface area contributed by atoms with E-state index in [-0.39, 0.29) is 17.3 Å². The molecule has 0 aliphatic heterocycles. The number of pyridine rings is 1. The van der Waals surface area contributed by atoms with Crippen molar-refractivity contribution in [3.05, 3.63) is 95.4 Å². The summed E-state index contributed by atoms with van der Waals surface area (Å²) in [6.45, 7) is 3.72. The van der Waals surface area contributed by atoms with Crippen LogP contribution in [0.3, 0.4) is 0 Å². The molecular formula is C25H18F2N6O. The Bertz CT molecular complexity index is 1550. The summed E-state index contributed by atoms with van der Waals surface area (Å²) in [6.07, 6.45) is 3.11. The lowest BCUT2D eigenvalue weighted by molar-refractivity contribution is 0.102. The largest absolute Gasteiger partial charge is 0.322 e. The number of nitrogens with one attached hydrogen (secondary N) is 1. The lowest BCUT2D eigenvalue weighted by Crippen LogP contribution is -2.14. The normalized spacial score (nSPS) is 11.1. The maximum Gasteiger partial charge on any atom is 0.257 e. The van der Waals surface area contributed by atoms with Crippen LogP contribution in [0.25, 0.3) is 28.2 Å². The highest BCUT2D eigenvalue weighted by Crippen LogP contribution is 2.28. The molecule has 0 aliphatic carbocycles. The van der Waals surface area contributed by atoms with Gasteiger partial charge in [0, 0.05) is 29.2 Å². The maximum atomic E-state index is 14.4. The molecule has 34 heavy (non-hydrogen) atoms. The van der Waals surface area contributed by atoms with Crippen molar-refractivity contribution in [1.29, 1.82) is 0 Å². The van der Waals surface area contributed by atoms with Gasteiger partial charge in [-0.05, 0) is 50.2 Å². The van der Waals surface area contributed by atoms with Crippen LogP contribution < -0.4 is 5.32 Å². The second kappa shape index (κ2) is 8.43. The van der Waals surface area contributed by atoms with Crippen molar-refractivity contribution in [2.45, 2.75) is 13.8 Å². The number of carbonyl (C=O) groups is 1. The first-order chi connectivity index (χ1) is 16.4. The summed E-state index contributed by atoms with van der Waals surface area (Å²) in [5.41, 5.74) is 4.16. The second-order valence-corrected chi connectivity index (χ2v) is 7.78. The minimum absolute atomic E-state index is 0.0580. The number of aryl methyl sites for hydroxylation is 2. The number of rotatable bonds is 4. The standard InChI is InChI=1S/C25H18F2N6O/c1-14-6-8-17(9-7-14)30-25(34)20-12-16(13-28-15(20)2)18-10-11-29-33-23(18)31-32-24(33)19-4-3-5-21(26)22(19)27/h3-13H,1-2H3,(H,30,34). The van der Waals surface area contributed by atoms with E-state index in [0.717, 1.165) is 11.6 Å². The Morgan fingerprint density at radius 2 is 1.76 bits per heavy atom. The van der Waals surface area contributed by atoms with Gasteiger partial charge < -0.3 is 5.32 Å². The van der Waals surface area contributed by atoms with E-state index in [1.807, 2.05) is 31.2 Å². The Morgan fingerprint density at radius 1 is 0.971 bits per heavy atom. The summed E-state index contributed by atoms with van der Waals surface area (Å²) in [7, 11) is 0. The van der Waals surface area contributed by atoms with E-state index in [1.165, 1.54) is 22.8 Å². The Labute approximate surface area is 193 Å². The Balaban J connectivity index is 1.55. The third-order valence-corrected chi connectivity index (χ3v) is 5.45. The summed E-state index contributed by atoms with van der Waals surface area (Å²) in [4.78, 5) is 17.3. The quantitative estimate of drug-likeness (QED) is 0.411. The van der Waals surface area contributed by atoms with Crippen molar-refractivity contribution in [2.24, 2.45) is 0 Å². The number of hydrogen-bond acceptors (Lipinski definition) is 5. The third-order valence-electron chi connectivity index (χ3n) is 5.45. The molecule has 1 amide bonds. The highest BCUT2D eigenvalue weighted by Gasteiger charge is 2.19. The van der Waals surface area contributed by atoms with E-state index in [4.69, 9.17) is 0 Å². The third kappa shape index (κ3) is 3.77. The molecule has 3 aromatic heterocycles. The highest BCUT2D eigenvalue weighted by atomic mass is 19.2. The van der Waals surface area contributed by atoms with E-state index >= 15 is 0 Å². The monoisotopic (exact) mass is 456 g/mol. The number of aromatic nitrogens is 5. The molecule has 0 saturated carbocycles. The van der Waals surface area contributed by atoms with Crippen LogP contribution in [-0.4, -0.2) is 30.7 Å². The average Bonchev–Trinajstić information content (AvgIpc) is 3.27. The van der Waals surface area contributed by atoms with E-state index in [0.29, 0.717) is 33.7 Å². The SMILES string of the molecule is Cc1ccc(NC(=O)c2cc(-c3ccnn4c(-c5cccc(F)c5F)nnc34)cnc2C)cc1. The molecule has 1 N–H and O–H groups in total. The van der Waals surface area contributed by atoms with Gasteiger partial charge in [0.15, 0.2) is 23.1 Å². The van der Waals surface area contributed by atoms with Gasteiger partial charge in [-0.25, -0.2) is 8.78 Å². The molecule has 0 fully saturated rings. The van der Waals surface area contributed by atoms with Crippen molar-refractivity contribution in [1.82, 2.24) is 24.8 Å². The van der Waals surface area contributed by atoms with E-state index in [1.54, 1.807) is 25.3 Å². The van der Waals surface area contributed by atoms with Crippen molar-refractivity contribution in [3.63, 3.8) is 0 Å². The van der Waals surface area contributed by atoms with Crippen LogP contribution in [0, 0.1) is 25.5 Å². The number of amides is 1. The average molecular weight is 456 g/mol. The molecule has 5 aromatic rings. The van der Waals surface area contributed by atoms with E-state index in [9.17, 15) is 13.6 Å².